The van der Waals surface area contributed by atoms with Crippen molar-refractivity contribution in [1.29, 1.82) is 0 Å². The van der Waals surface area contributed by atoms with Crippen molar-refractivity contribution in [3.63, 3.8) is 0 Å². The van der Waals surface area contributed by atoms with E-state index in [9.17, 15) is 22.5 Å². The van der Waals surface area contributed by atoms with E-state index < -0.39 is 26.7 Å². The first-order chi connectivity index (χ1) is 8.39. The van der Waals surface area contributed by atoms with Crippen molar-refractivity contribution in [2.24, 2.45) is 0 Å². The van der Waals surface area contributed by atoms with E-state index in [4.69, 9.17) is 0 Å². The van der Waals surface area contributed by atoms with Gasteiger partial charge < -0.3 is 5.26 Å². The third-order valence-electron chi connectivity index (χ3n) is 1.78. The van der Waals surface area contributed by atoms with Crippen LogP contribution in [0.5, 0.6) is 0 Å². The molecule has 0 atom stereocenters. The van der Waals surface area contributed by atoms with Crippen LogP contribution < -0.4 is 9.98 Å². The highest BCUT2D eigenvalue weighted by Crippen LogP contribution is 2.34. The summed E-state index contributed by atoms with van der Waals surface area (Å²) in [5.41, 5.74) is 0.503. The summed E-state index contributed by atoms with van der Waals surface area (Å²) in [4.78, 5) is 0. The van der Waals surface area contributed by atoms with Crippen LogP contribution in [0.15, 0.2) is 30.3 Å². The van der Waals surface area contributed by atoms with Crippen molar-refractivity contribution in [2.45, 2.75) is 11.1 Å². The first kappa shape index (κ1) is 15.3. The molecular formula is C8H8F2NO5S2-. The predicted octanol–water partition coefficient (Wildman–Crippen LogP) is 0.528. The molecular weight excluding hydrogens is 292 g/mol. The Bertz CT molecular complexity index is 468. The molecule has 0 aliphatic rings. The van der Waals surface area contributed by atoms with Crippen molar-refractivity contribution in [3.05, 3.63) is 35.9 Å². The van der Waals surface area contributed by atoms with Gasteiger partial charge in [-0.05, 0) is 5.56 Å². The molecule has 0 saturated carbocycles. The van der Waals surface area contributed by atoms with Crippen LogP contribution in [0, 0.1) is 0 Å². The minimum absolute atomic E-state index is 0.308. The summed E-state index contributed by atoms with van der Waals surface area (Å²) >= 11 is -0.898. The summed E-state index contributed by atoms with van der Waals surface area (Å²) in [6.07, 6.45) is 0. The topological polar surface area (TPSA) is 87.7 Å². The van der Waals surface area contributed by atoms with Gasteiger partial charge >= 0.3 is 4.59 Å². The number of halogens is 2. The number of hydrogen-bond donors (Lipinski definition) is 1. The lowest BCUT2D eigenvalue weighted by Crippen LogP contribution is -2.37. The summed E-state index contributed by atoms with van der Waals surface area (Å²) in [6.45, 7) is -0.308. The molecule has 1 rings (SSSR count). The number of alkyl halides is 2. The Morgan fingerprint density at radius 3 is 2.50 bits per heavy atom. The van der Waals surface area contributed by atoms with E-state index in [1.807, 2.05) is 0 Å². The van der Waals surface area contributed by atoms with Crippen LogP contribution >= 0.6 is 12.0 Å². The molecule has 0 spiro atoms. The average molecular weight is 300 g/mol. The molecule has 6 nitrogen and oxygen atoms in total. The van der Waals surface area contributed by atoms with Gasteiger partial charge in [-0.1, -0.05) is 30.3 Å². The zero-order valence-electron chi connectivity index (χ0n) is 8.71. The lowest BCUT2D eigenvalue weighted by Gasteiger charge is -2.16. The highest BCUT2D eigenvalue weighted by molar-refractivity contribution is 8.10. The molecule has 0 heterocycles. The van der Waals surface area contributed by atoms with E-state index >= 15 is 0 Å². The van der Waals surface area contributed by atoms with Crippen LogP contribution in [0.1, 0.15) is 5.56 Å². The Hall–Kier alpha value is -0.780. The highest BCUT2D eigenvalue weighted by atomic mass is 32.3. The van der Waals surface area contributed by atoms with E-state index in [1.54, 1.807) is 35.1 Å². The Morgan fingerprint density at radius 1 is 1.33 bits per heavy atom. The molecule has 10 heteroatoms. The smallest absolute Gasteiger partial charge is 0.433 e. The Balaban J connectivity index is 2.64. The zero-order valence-corrected chi connectivity index (χ0v) is 10.3. The van der Waals surface area contributed by atoms with Gasteiger partial charge in [0.2, 0.25) is 0 Å². The maximum absolute atomic E-state index is 13.1. The lowest BCUT2D eigenvalue weighted by atomic mass is 10.2. The Labute approximate surface area is 106 Å². The van der Waals surface area contributed by atoms with E-state index in [0.717, 1.165) is 0 Å². The molecule has 0 aliphatic carbocycles. The van der Waals surface area contributed by atoms with Gasteiger partial charge in [0.05, 0.1) is 0 Å². The molecule has 0 aliphatic heterocycles. The van der Waals surface area contributed by atoms with Gasteiger partial charge in [0.1, 0.15) is 12.0 Å². The fraction of sp³-hybridized carbons (Fsp3) is 0.250. The van der Waals surface area contributed by atoms with E-state index in [-0.39, 0.29) is 6.54 Å². The number of sulfonamides is 1. The van der Waals surface area contributed by atoms with Gasteiger partial charge in [0.15, 0.2) is 0 Å². The number of benzene rings is 1. The second-order valence-electron chi connectivity index (χ2n) is 2.99. The van der Waals surface area contributed by atoms with Crippen LogP contribution in [0.2, 0.25) is 0 Å². The van der Waals surface area contributed by atoms with Crippen molar-refractivity contribution in [1.82, 2.24) is 4.72 Å². The average Bonchev–Trinajstić information content (AvgIpc) is 2.35. The SMILES string of the molecule is O=S(=O)(NCc1ccccc1)C(F)(F)SOO[O-]. The van der Waals surface area contributed by atoms with Crippen molar-refractivity contribution in [2.75, 3.05) is 0 Å². The van der Waals surface area contributed by atoms with Gasteiger partial charge in [-0.25, -0.2) is 13.1 Å². The molecule has 1 N–H and O–H groups in total. The van der Waals surface area contributed by atoms with Crippen molar-refractivity contribution < 1.29 is 31.8 Å². The van der Waals surface area contributed by atoms with Gasteiger partial charge in [0, 0.05) is 6.54 Å². The standard InChI is InChI=1S/C8H9F2NO5S2/c9-8(10,17-16-15-12)18(13,14)11-6-7-4-2-1-3-5-7/h1-5,11-12H,6H2/p-1. The minimum Gasteiger partial charge on any atom is -0.691 e. The molecule has 0 bridgehead atoms. The summed E-state index contributed by atoms with van der Waals surface area (Å²) < 4.78 is 49.2. The van der Waals surface area contributed by atoms with Crippen LogP contribution in [0.3, 0.4) is 0 Å². The van der Waals surface area contributed by atoms with E-state index in [0.29, 0.717) is 5.56 Å². The fourth-order valence-electron chi connectivity index (χ4n) is 0.957. The molecule has 1 aromatic carbocycles. The minimum atomic E-state index is -4.99. The van der Waals surface area contributed by atoms with E-state index in [2.05, 4.69) is 9.37 Å². The Kier molecular flexibility index (Phi) is 5.44. The highest BCUT2D eigenvalue weighted by Gasteiger charge is 2.47. The number of hydrogen-bond acceptors (Lipinski definition) is 6. The van der Waals surface area contributed by atoms with Crippen molar-refractivity contribution in [3.8, 4) is 0 Å². The predicted molar refractivity (Wildman–Crippen MR) is 56.9 cm³/mol. The molecule has 0 fully saturated rings. The summed E-state index contributed by atoms with van der Waals surface area (Å²) in [5.74, 6) is 0. The maximum Gasteiger partial charge on any atom is 0.433 e. The molecule has 0 saturated heterocycles. The summed E-state index contributed by atoms with van der Waals surface area (Å²) in [7, 11) is -4.99. The van der Waals surface area contributed by atoms with Crippen LogP contribution in [-0.2, 0) is 25.9 Å². The number of rotatable bonds is 7. The molecule has 0 amide bonds. The van der Waals surface area contributed by atoms with Gasteiger partial charge in [0.25, 0.3) is 10.0 Å². The molecule has 102 valence electrons. The van der Waals surface area contributed by atoms with Gasteiger partial charge in [-0.2, -0.15) is 13.1 Å². The Morgan fingerprint density at radius 2 is 1.94 bits per heavy atom. The van der Waals surface area contributed by atoms with E-state index in [1.165, 1.54) is 0 Å². The maximum atomic E-state index is 13.1. The largest absolute Gasteiger partial charge is 0.691 e. The second-order valence-corrected chi connectivity index (χ2v) is 5.88. The molecule has 0 aromatic heterocycles. The van der Waals surface area contributed by atoms with Crippen LogP contribution in [-0.4, -0.2) is 13.0 Å². The fourth-order valence-corrected chi connectivity index (χ4v) is 2.21. The third-order valence-corrected chi connectivity index (χ3v) is 4.11. The molecule has 0 unspecified atom stereocenters. The first-order valence-corrected chi connectivity index (χ1v) is 6.67. The third kappa shape index (κ3) is 4.15. The monoisotopic (exact) mass is 300 g/mol. The van der Waals surface area contributed by atoms with Crippen molar-refractivity contribution >= 4 is 22.1 Å². The number of nitrogens with one attached hydrogen (secondary N) is 1. The second kappa shape index (κ2) is 6.41. The quantitative estimate of drug-likeness (QED) is 0.449. The van der Waals surface area contributed by atoms with Crippen LogP contribution in [0.25, 0.3) is 0 Å². The molecule has 1 aromatic rings. The molecule has 18 heavy (non-hydrogen) atoms. The van der Waals surface area contributed by atoms with Crippen LogP contribution in [0.4, 0.5) is 8.78 Å². The summed E-state index contributed by atoms with van der Waals surface area (Å²) in [6, 6.07) is 8.08. The normalized spacial score (nSPS) is 12.6. The first-order valence-electron chi connectivity index (χ1n) is 4.44. The lowest BCUT2D eigenvalue weighted by molar-refractivity contribution is -0.777. The van der Waals surface area contributed by atoms with Gasteiger partial charge in [-0.15, -0.1) is 0 Å². The van der Waals surface area contributed by atoms with Gasteiger partial charge in [-0.3, -0.25) is 5.04 Å². The zero-order chi connectivity index (χ0) is 13.6. The molecule has 0 radical (unpaired) electrons. The summed E-state index contributed by atoms with van der Waals surface area (Å²) in [5, 5.41) is 12.1.